The van der Waals surface area contributed by atoms with Crippen LogP contribution in [0.1, 0.15) is 38.9 Å². The molecule has 0 radical (unpaired) electrons. The summed E-state index contributed by atoms with van der Waals surface area (Å²) in [5.74, 6) is 0.505. The Kier molecular flexibility index (Phi) is 5.64. The highest BCUT2D eigenvalue weighted by Crippen LogP contribution is 2.25. The smallest absolute Gasteiger partial charge is 0.227 e. The molecule has 1 aromatic rings. The van der Waals surface area contributed by atoms with Gasteiger partial charge in [0.1, 0.15) is 5.76 Å². The molecule has 1 atom stereocenters. The summed E-state index contributed by atoms with van der Waals surface area (Å²) in [6.07, 6.45) is 3.20. The number of furan rings is 1. The van der Waals surface area contributed by atoms with Crippen LogP contribution in [0.3, 0.4) is 0 Å². The van der Waals surface area contributed by atoms with E-state index in [0.29, 0.717) is 39.0 Å². The van der Waals surface area contributed by atoms with Gasteiger partial charge < -0.3 is 19.5 Å². The summed E-state index contributed by atoms with van der Waals surface area (Å²) >= 11 is 0. The molecule has 142 valence electrons. The molecule has 2 fully saturated rings. The molecule has 2 saturated heterocycles. The summed E-state index contributed by atoms with van der Waals surface area (Å²) in [5.41, 5.74) is 0. The van der Waals surface area contributed by atoms with Crippen LogP contribution in [0.5, 0.6) is 0 Å². The second kappa shape index (κ2) is 7.93. The highest BCUT2D eigenvalue weighted by atomic mass is 16.3. The molecule has 2 aliphatic heterocycles. The summed E-state index contributed by atoms with van der Waals surface area (Å²) in [6, 6.07) is 3.75. The van der Waals surface area contributed by atoms with Gasteiger partial charge in [0, 0.05) is 38.0 Å². The van der Waals surface area contributed by atoms with Crippen LogP contribution in [0, 0.1) is 11.8 Å². The number of hydrogen-bond acceptors (Lipinski definition) is 4. The van der Waals surface area contributed by atoms with Gasteiger partial charge in [0.05, 0.1) is 18.7 Å². The van der Waals surface area contributed by atoms with E-state index in [-0.39, 0.29) is 42.0 Å². The quantitative estimate of drug-likeness (QED) is 0.859. The molecule has 1 aromatic heterocycles. The maximum absolute atomic E-state index is 12.8. The highest BCUT2D eigenvalue weighted by molar-refractivity contribution is 5.89. The molecule has 0 spiro atoms. The van der Waals surface area contributed by atoms with E-state index in [2.05, 4.69) is 5.32 Å². The fraction of sp³-hybridized carbons (Fsp3) is 0.632. The van der Waals surface area contributed by atoms with Crippen molar-refractivity contribution in [3.8, 4) is 0 Å². The molecule has 3 heterocycles. The summed E-state index contributed by atoms with van der Waals surface area (Å²) < 4.78 is 5.29. The zero-order valence-electron chi connectivity index (χ0n) is 15.4. The van der Waals surface area contributed by atoms with Gasteiger partial charge in [0.25, 0.3) is 0 Å². The van der Waals surface area contributed by atoms with Gasteiger partial charge in [-0.15, -0.1) is 0 Å². The van der Waals surface area contributed by atoms with E-state index < -0.39 is 0 Å². The molecule has 3 amide bonds. The zero-order valence-corrected chi connectivity index (χ0v) is 15.4. The van der Waals surface area contributed by atoms with Crippen molar-refractivity contribution in [3.63, 3.8) is 0 Å². The standard InChI is InChI=1S/C19H27N3O4/c1-13(2)20-18(24)14-5-7-21(8-6-14)19(25)15-10-17(23)22(11-15)12-16-4-3-9-26-16/h3-4,9,13-15H,5-8,10-12H2,1-2H3,(H,20,24)/t15-/m0/s1. The Labute approximate surface area is 153 Å². The third-order valence-electron chi connectivity index (χ3n) is 5.10. The van der Waals surface area contributed by atoms with Crippen molar-refractivity contribution in [3.05, 3.63) is 24.2 Å². The Balaban J connectivity index is 1.49. The number of hydrogen-bond donors (Lipinski definition) is 1. The van der Waals surface area contributed by atoms with Crippen molar-refractivity contribution in [1.82, 2.24) is 15.1 Å². The zero-order chi connectivity index (χ0) is 18.7. The first-order chi connectivity index (χ1) is 12.4. The fourth-order valence-electron chi connectivity index (χ4n) is 3.70. The Morgan fingerprint density at radius 3 is 2.62 bits per heavy atom. The average molecular weight is 361 g/mol. The van der Waals surface area contributed by atoms with E-state index >= 15 is 0 Å². The van der Waals surface area contributed by atoms with Crippen molar-refractivity contribution in [2.75, 3.05) is 19.6 Å². The predicted molar refractivity (Wildman–Crippen MR) is 94.8 cm³/mol. The first-order valence-electron chi connectivity index (χ1n) is 9.33. The number of piperidine rings is 1. The van der Waals surface area contributed by atoms with E-state index in [1.165, 1.54) is 0 Å². The maximum atomic E-state index is 12.8. The summed E-state index contributed by atoms with van der Waals surface area (Å²) in [6.45, 7) is 5.90. The number of carbonyl (C=O) groups is 3. The molecular formula is C19H27N3O4. The molecule has 0 bridgehead atoms. The number of amides is 3. The van der Waals surface area contributed by atoms with Crippen molar-refractivity contribution in [2.24, 2.45) is 11.8 Å². The van der Waals surface area contributed by atoms with Crippen LogP contribution < -0.4 is 5.32 Å². The van der Waals surface area contributed by atoms with Gasteiger partial charge >= 0.3 is 0 Å². The minimum absolute atomic E-state index is 0.00838. The number of carbonyl (C=O) groups excluding carboxylic acids is 3. The third-order valence-corrected chi connectivity index (χ3v) is 5.10. The van der Waals surface area contributed by atoms with E-state index in [1.54, 1.807) is 17.2 Å². The third kappa shape index (κ3) is 4.26. The van der Waals surface area contributed by atoms with E-state index in [1.807, 2.05) is 24.8 Å². The molecule has 0 aliphatic carbocycles. The largest absolute Gasteiger partial charge is 0.467 e. The van der Waals surface area contributed by atoms with Crippen LogP contribution >= 0.6 is 0 Å². The number of nitrogens with zero attached hydrogens (tertiary/aromatic N) is 2. The van der Waals surface area contributed by atoms with Gasteiger partial charge in [-0.1, -0.05) is 0 Å². The summed E-state index contributed by atoms with van der Waals surface area (Å²) in [4.78, 5) is 40.6. The lowest BCUT2D eigenvalue weighted by atomic mass is 9.94. The van der Waals surface area contributed by atoms with Crippen LogP contribution in [0.4, 0.5) is 0 Å². The monoisotopic (exact) mass is 361 g/mol. The van der Waals surface area contributed by atoms with E-state index in [9.17, 15) is 14.4 Å². The topological polar surface area (TPSA) is 82.9 Å². The highest BCUT2D eigenvalue weighted by Gasteiger charge is 2.38. The average Bonchev–Trinajstić information content (AvgIpc) is 3.24. The normalized spacial score (nSPS) is 21.5. The number of rotatable bonds is 5. The van der Waals surface area contributed by atoms with Gasteiger partial charge in [-0.3, -0.25) is 14.4 Å². The minimum Gasteiger partial charge on any atom is -0.467 e. The van der Waals surface area contributed by atoms with Crippen molar-refractivity contribution in [1.29, 1.82) is 0 Å². The summed E-state index contributed by atoms with van der Waals surface area (Å²) in [7, 11) is 0. The van der Waals surface area contributed by atoms with E-state index in [4.69, 9.17) is 4.42 Å². The molecule has 26 heavy (non-hydrogen) atoms. The van der Waals surface area contributed by atoms with Crippen LogP contribution in [-0.2, 0) is 20.9 Å². The van der Waals surface area contributed by atoms with Crippen LogP contribution in [0.2, 0.25) is 0 Å². The first kappa shape index (κ1) is 18.5. The van der Waals surface area contributed by atoms with Crippen LogP contribution in [0.15, 0.2) is 22.8 Å². The predicted octanol–water partition coefficient (Wildman–Crippen LogP) is 1.39. The molecule has 0 saturated carbocycles. The summed E-state index contributed by atoms with van der Waals surface area (Å²) in [5, 5.41) is 2.94. The van der Waals surface area contributed by atoms with Crippen molar-refractivity contribution in [2.45, 2.75) is 45.7 Å². The molecule has 2 aliphatic rings. The molecule has 3 rings (SSSR count). The Bertz CT molecular complexity index is 648. The van der Waals surface area contributed by atoms with Gasteiger partial charge in [-0.05, 0) is 38.8 Å². The van der Waals surface area contributed by atoms with E-state index in [0.717, 1.165) is 5.76 Å². The minimum atomic E-state index is -0.293. The lowest BCUT2D eigenvalue weighted by molar-refractivity contribution is -0.139. The van der Waals surface area contributed by atoms with Gasteiger partial charge in [-0.25, -0.2) is 0 Å². The Morgan fingerprint density at radius 1 is 1.27 bits per heavy atom. The molecule has 7 heteroatoms. The SMILES string of the molecule is CC(C)NC(=O)C1CCN(C(=O)[C@H]2CC(=O)N(Cc3ccco3)C2)CC1. The molecule has 0 aromatic carbocycles. The second-order valence-corrected chi connectivity index (χ2v) is 7.52. The van der Waals surface area contributed by atoms with Crippen molar-refractivity contribution >= 4 is 17.7 Å². The maximum Gasteiger partial charge on any atom is 0.227 e. The van der Waals surface area contributed by atoms with Crippen LogP contribution in [0.25, 0.3) is 0 Å². The fourth-order valence-corrected chi connectivity index (χ4v) is 3.70. The number of likely N-dealkylation sites (tertiary alicyclic amines) is 2. The second-order valence-electron chi connectivity index (χ2n) is 7.52. The lowest BCUT2D eigenvalue weighted by Gasteiger charge is -2.33. The molecule has 1 N–H and O–H groups in total. The number of nitrogens with one attached hydrogen (secondary N) is 1. The first-order valence-corrected chi connectivity index (χ1v) is 9.33. The molecule has 0 unspecified atom stereocenters. The lowest BCUT2D eigenvalue weighted by Crippen LogP contribution is -2.46. The van der Waals surface area contributed by atoms with Gasteiger partial charge in [0.2, 0.25) is 17.7 Å². The Morgan fingerprint density at radius 2 is 2.00 bits per heavy atom. The van der Waals surface area contributed by atoms with Gasteiger partial charge in [0.15, 0.2) is 0 Å². The van der Waals surface area contributed by atoms with Gasteiger partial charge in [-0.2, -0.15) is 0 Å². The molecular weight excluding hydrogens is 334 g/mol. The van der Waals surface area contributed by atoms with Crippen LogP contribution in [-0.4, -0.2) is 53.2 Å². The molecule has 7 nitrogen and oxygen atoms in total. The Hall–Kier alpha value is -2.31. The van der Waals surface area contributed by atoms with Crippen molar-refractivity contribution < 1.29 is 18.8 Å².